The summed E-state index contributed by atoms with van der Waals surface area (Å²) < 4.78 is 32.4. The average molecular weight is 369 g/mol. The maximum atomic E-state index is 12.7. The fraction of sp³-hybridized carbons (Fsp3) is 0.611. The second-order valence-corrected chi connectivity index (χ2v) is 8.50. The molecular formula is C18H27NO5S. The average Bonchev–Trinajstić information content (AvgIpc) is 2.93. The number of nitrogens with one attached hydrogen (secondary N) is 1. The molecule has 25 heavy (non-hydrogen) atoms. The first-order valence-electron chi connectivity index (χ1n) is 8.33. The van der Waals surface area contributed by atoms with E-state index in [1.165, 1.54) is 0 Å². The Bertz CT molecular complexity index is 617. The van der Waals surface area contributed by atoms with Crippen LogP contribution in [0.1, 0.15) is 39.7 Å². The fourth-order valence-corrected chi connectivity index (χ4v) is 3.55. The van der Waals surface area contributed by atoms with Gasteiger partial charge < -0.3 is 14.2 Å². The summed E-state index contributed by atoms with van der Waals surface area (Å²) in [5.41, 5.74) is 0.497. The third-order valence-electron chi connectivity index (χ3n) is 3.77. The Balaban J connectivity index is 2.12. The van der Waals surface area contributed by atoms with Gasteiger partial charge in [-0.1, -0.05) is 17.7 Å². The number of rotatable bonds is 6. The molecule has 0 radical (unpaired) electrons. The molecule has 140 valence electrons. The summed E-state index contributed by atoms with van der Waals surface area (Å²) >= 11 is 0. The van der Waals surface area contributed by atoms with Crippen molar-refractivity contribution in [1.29, 1.82) is 0 Å². The Kier molecular flexibility index (Phi) is 6.37. The maximum Gasteiger partial charge on any atom is 0.308 e. The highest BCUT2D eigenvalue weighted by atomic mass is 32.2. The molecule has 1 aliphatic rings. The van der Waals surface area contributed by atoms with Crippen LogP contribution in [0.2, 0.25) is 0 Å². The van der Waals surface area contributed by atoms with Crippen LogP contribution in [-0.2, 0) is 30.0 Å². The number of aryl methyl sites for hydroxylation is 1. The van der Waals surface area contributed by atoms with Gasteiger partial charge in [0, 0.05) is 0 Å². The predicted octanol–water partition coefficient (Wildman–Crippen LogP) is 2.47. The molecule has 1 heterocycles. The first-order chi connectivity index (χ1) is 11.6. The highest BCUT2D eigenvalue weighted by Crippen LogP contribution is 2.26. The molecule has 0 saturated carbocycles. The van der Waals surface area contributed by atoms with E-state index in [9.17, 15) is 9.00 Å². The minimum atomic E-state index is -1.50. The number of carbonyl (C=O) groups excluding carboxylic acids is 1. The molecule has 1 saturated heterocycles. The van der Waals surface area contributed by atoms with E-state index in [4.69, 9.17) is 14.2 Å². The van der Waals surface area contributed by atoms with Crippen molar-refractivity contribution in [2.45, 2.75) is 63.4 Å². The molecule has 0 spiro atoms. The van der Waals surface area contributed by atoms with Crippen LogP contribution in [0, 0.1) is 6.92 Å². The predicted molar refractivity (Wildman–Crippen MR) is 95.3 cm³/mol. The number of benzene rings is 1. The molecule has 0 amide bonds. The quantitative estimate of drug-likeness (QED) is 0.780. The van der Waals surface area contributed by atoms with Gasteiger partial charge in [0.25, 0.3) is 0 Å². The Morgan fingerprint density at radius 2 is 1.84 bits per heavy atom. The molecule has 1 aromatic carbocycles. The van der Waals surface area contributed by atoms with Crippen molar-refractivity contribution in [3.8, 4) is 0 Å². The van der Waals surface area contributed by atoms with Crippen LogP contribution < -0.4 is 4.72 Å². The first-order valence-corrected chi connectivity index (χ1v) is 9.48. The molecule has 6 nitrogen and oxygen atoms in total. The van der Waals surface area contributed by atoms with Crippen LogP contribution in [0.25, 0.3) is 0 Å². The summed E-state index contributed by atoms with van der Waals surface area (Å²) in [7, 11) is -1.50. The molecule has 7 heteroatoms. The van der Waals surface area contributed by atoms with E-state index in [1.807, 2.05) is 39.8 Å². The zero-order chi connectivity index (χ0) is 18.7. The lowest BCUT2D eigenvalue weighted by Gasteiger charge is -2.32. The monoisotopic (exact) mass is 369 g/mol. The van der Waals surface area contributed by atoms with Gasteiger partial charge in [0.05, 0.1) is 30.6 Å². The molecule has 2 rings (SSSR count). The van der Waals surface area contributed by atoms with Crippen LogP contribution in [0.15, 0.2) is 29.2 Å². The minimum absolute atomic E-state index is 0.00856. The van der Waals surface area contributed by atoms with Gasteiger partial charge in [-0.3, -0.25) is 4.79 Å². The molecular weight excluding hydrogens is 342 g/mol. The van der Waals surface area contributed by atoms with Gasteiger partial charge in [-0.25, -0.2) is 8.93 Å². The maximum absolute atomic E-state index is 12.7. The van der Waals surface area contributed by atoms with Crippen LogP contribution in [-0.4, -0.2) is 40.8 Å². The van der Waals surface area contributed by atoms with E-state index >= 15 is 0 Å². The highest BCUT2D eigenvalue weighted by molar-refractivity contribution is 7.83. The smallest absolute Gasteiger partial charge is 0.308 e. The van der Waals surface area contributed by atoms with Crippen LogP contribution in [0.3, 0.4) is 0 Å². The van der Waals surface area contributed by atoms with Gasteiger partial charge in [0.15, 0.2) is 5.79 Å². The molecule has 0 aliphatic carbocycles. The first kappa shape index (κ1) is 20.0. The minimum Gasteiger partial charge on any atom is -0.460 e. The lowest BCUT2D eigenvalue weighted by Crippen LogP contribution is -2.51. The number of hydrogen-bond acceptors (Lipinski definition) is 5. The number of ether oxygens (including phenoxy) is 3. The largest absolute Gasteiger partial charge is 0.460 e. The molecule has 0 bridgehead atoms. The summed E-state index contributed by atoms with van der Waals surface area (Å²) in [5.74, 6) is -1.43. The van der Waals surface area contributed by atoms with Gasteiger partial charge in [-0.15, -0.1) is 0 Å². The van der Waals surface area contributed by atoms with Gasteiger partial charge in [0.1, 0.15) is 16.6 Å². The summed E-state index contributed by atoms with van der Waals surface area (Å²) in [6.45, 7) is 9.99. The second-order valence-electron chi connectivity index (χ2n) is 7.26. The molecule has 0 aromatic heterocycles. The third kappa shape index (κ3) is 5.88. The van der Waals surface area contributed by atoms with Crippen molar-refractivity contribution in [2.24, 2.45) is 0 Å². The molecule has 1 aromatic rings. The van der Waals surface area contributed by atoms with Crippen molar-refractivity contribution < 1.29 is 23.2 Å². The molecule has 1 unspecified atom stereocenters. The van der Waals surface area contributed by atoms with Gasteiger partial charge in [-0.2, -0.15) is 0 Å². The van der Waals surface area contributed by atoms with E-state index in [2.05, 4.69) is 4.72 Å². The van der Waals surface area contributed by atoms with E-state index in [0.717, 1.165) is 5.56 Å². The third-order valence-corrected chi connectivity index (χ3v) is 4.97. The number of carbonyl (C=O) groups is 1. The van der Waals surface area contributed by atoms with Crippen molar-refractivity contribution in [3.05, 3.63) is 29.8 Å². The van der Waals surface area contributed by atoms with Crippen molar-refractivity contribution in [2.75, 3.05) is 13.2 Å². The molecule has 1 aliphatic heterocycles. The van der Waals surface area contributed by atoms with Crippen molar-refractivity contribution in [1.82, 2.24) is 4.72 Å². The van der Waals surface area contributed by atoms with E-state index in [-0.39, 0.29) is 6.42 Å². The Morgan fingerprint density at radius 3 is 2.36 bits per heavy atom. The van der Waals surface area contributed by atoms with Crippen molar-refractivity contribution >= 4 is 17.0 Å². The topological polar surface area (TPSA) is 73.9 Å². The van der Waals surface area contributed by atoms with Gasteiger partial charge in [-0.05, 0) is 46.8 Å². The summed E-state index contributed by atoms with van der Waals surface area (Å²) in [5, 5.41) is 0. The summed E-state index contributed by atoms with van der Waals surface area (Å²) in [6.07, 6.45) is -0.00856. The summed E-state index contributed by atoms with van der Waals surface area (Å²) in [6, 6.07) is 6.76. The molecule has 1 N–H and O–H groups in total. The lowest BCUT2D eigenvalue weighted by molar-refractivity contribution is -0.176. The van der Waals surface area contributed by atoms with E-state index < -0.39 is 34.4 Å². The lowest BCUT2D eigenvalue weighted by atomic mass is 10.1. The standard InChI is InChI=1S/C18H27NO5S/c1-13-6-8-14(9-7-13)25(21)19-15(18(5)22-10-11-23-18)12-16(20)24-17(2,3)4/h6-9,15,19H,10-12H2,1-5H3/t15-,25?/m1/s1. The van der Waals surface area contributed by atoms with Crippen LogP contribution in [0.5, 0.6) is 0 Å². The fourth-order valence-electron chi connectivity index (χ4n) is 2.47. The van der Waals surface area contributed by atoms with E-state index in [0.29, 0.717) is 18.1 Å². The Morgan fingerprint density at radius 1 is 1.28 bits per heavy atom. The van der Waals surface area contributed by atoms with Crippen LogP contribution >= 0.6 is 0 Å². The molecule has 1 fully saturated rings. The summed E-state index contributed by atoms with van der Waals surface area (Å²) in [4.78, 5) is 12.9. The van der Waals surface area contributed by atoms with Gasteiger partial charge >= 0.3 is 5.97 Å². The van der Waals surface area contributed by atoms with Gasteiger partial charge in [0.2, 0.25) is 0 Å². The Labute approximate surface area is 151 Å². The van der Waals surface area contributed by atoms with Crippen LogP contribution in [0.4, 0.5) is 0 Å². The number of hydrogen-bond donors (Lipinski definition) is 1. The number of esters is 1. The molecule has 2 atom stereocenters. The second kappa shape index (κ2) is 7.95. The Hall–Kier alpha value is -1.28. The zero-order valence-corrected chi connectivity index (χ0v) is 16.3. The van der Waals surface area contributed by atoms with E-state index in [1.54, 1.807) is 19.1 Å². The highest BCUT2D eigenvalue weighted by Gasteiger charge is 2.42. The normalized spacial score (nSPS) is 19.4. The zero-order valence-electron chi connectivity index (χ0n) is 15.5. The SMILES string of the molecule is Cc1ccc(S(=O)N[C@H](CC(=O)OC(C)(C)C)C2(C)OCCO2)cc1. The van der Waals surface area contributed by atoms with Crippen molar-refractivity contribution in [3.63, 3.8) is 0 Å².